The fourth-order valence-electron chi connectivity index (χ4n) is 5.32. The minimum Gasteiger partial charge on any atom is -0.462 e. The molecular weight excluding hydrogens is 280 g/mol. The van der Waals surface area contributed by atoms with Crippen molar-refractivity contribution in [2.45, 2.75) is 76.4 Å². The Bertz CT molecular complexity index is 418. The van der Waals surface area contributed by atoms with Crippen LogP contribution in [0.4, 0.5) is 0 Å². The molecule has 0 amide bonds. The molecule has 4 heteroatoms. The van der Waals surface area contributed by atoms with Gasteiger partial charge in [-0.1, -0.05) is 0 Å². The van der Waals surface area contributed by atoms with Crippen molar-refractivity contribution >= 4 is 11.9 Å². The summed E-state index contributed by atoms with van der Waals surface area (Å²) < 4.78 is 11.1. The monoisotopic (exact) mass is 306 g/mol. The summed E-state index contributed by atoms with van der Waals surface area (Å²) in [7, 11) is 0. The van der Waals surface area contributed by atoms with Crippen LogP contribution in [0.2, 0.25) is 0 Å². The van der Waals surface area contributed by atoms with Crippen LogP contribution in [-0.4, -0.2) is 24.1 Å². The second kappa shape index (κ2) is 5.86. The molecule has 22 heavy (non-hydrogen) atoms. The van der Waals surface area contributed by atoms with E-state index in [1.807, 2.05) is 0 Å². The molecule has 0 N–H and O–H groups in total. The van der Waals surface area contributed by atoms with E-state index in [2.05, 4.69) is 0 Å². The van der Waals surface area contributed by atoms with Crippen molar-refractivity contribution in [1.29, 1.82) is 0 Å². The summed E-state index contributed by atoms with van der Waals surface area (Å²) in [5.74, 6) is 2.26. The van der Waals surface area contributed by atoms with E-state index in [1.165, 1.54) is 38.5 Å². The number of rotatable bonds is 5. The summed E-state index contributed by atoms with van der Waals surface area (Å²) in [6.45, 7) is 0. The Morgan fingerprint density at radius 1 is 0.682 bits per heavy atom. The van der Waals surface area contributed by atoms with Crippen LogP contribution >= 0.6 is 0 Å². The third kappa shape index (κ3) is 2.89. The van der Waals surface area contributed by atoms with E-state index in [1.54, 1.807) is 0 Å². The van der Waals surface area contributed by atoms with E-state index in [0.29, 0.717) is 11.8 Å². The van der Waals surface area contributed by atoms with Crippen molar-refractivity contribution in [2.24, 2.45) is 23.7 Å². The average molecular weight is 306 g/mol. The first-order valence-corrected chi connectivity index (χ1v) is 9.06. The zero-order valence-corrected chi connectivity index (χ0v) is 13.2. The molecule has 4 aliphatic carbocycles. The number of hydrogen-bond acceptors (Lipinski definition) is 4. The standard InChI is InChI=1S/C18H26O4/c19-17(21-15-9-11-1-3-13(15)7-11)5-6-18(20)22-16-10-12-2-4-14(16)8-12/h11-16H,1-10H2. The van der Waals surface area contributed by atoms with E-state index < -0.39 is 0 Å². The largest absolute Gasteiger partial charge is 0.462 e. The number of fused-ring (bicyclic) bond motifs is 4. The summed E-state index contributed by atoms with van der Waals surface area (Å²) in [4.78, 5) is 23.8. The van der Waals surface area contributed by atoms with Crippen LogP contribution in [-0.2, 0) is 19.1 Å². The van der Waals surface area contributed by atoms with Crippen LogP contribution in [0.15, 0.2) is 0 Å². The molecule has 4 aliphatic rings. The normalized spacial score (nSPS) is 41.8. The summed E-state index contributed by atoms with van der Waals surface area (Å²) in [6.07, 6.45) is 10.1. The summed E-state index contributed by atoms with van der Waals surface area (Å²) >= 11 is 0. The van der Waals surface area contributed by atoms with Gasteiger partial charge in [-0.05, 0) is 75.0 Å². The summed E-state index contributed by atoms with van der Waals surface area (Å²) in [5, 5.41) is 0. The Balaban J connectivity index is 1.16. The van der Waals surface area contributed by atoms with Crippen molar-refractivity contribution in [1.82, 2.24) is 0 Å². The van der Waals surface area contributed by atoms with E-state index in [0.717, 1.165) is 24.7 Å². The first kappa shape index (κ1) is 14.5. The number of hydrogen-bond donors (Lipinski definition) is 0. The predicted molar refractivity (Wildman–Crippen MR) is 79.9 cm³/mol. The molecule has 6 atom stereocenters. The van der Waals surface area contributed by atoms with Crippen LogP contribution < -0.4 is 0 Å². The molecule has 6 unspecified atom stereocenters. The van der Waals surface area contributed by atoms with Crippen LogP contribution in [0.5, 0.6) is 0 Å². The van der Waals surface area contributed by atoms with Crippen molar-refractivity contribution < 1.29 is 19.1 Å². The van der Waals surface area contributed by atoms with Gasteiger partial charge >= 0.3 is 11.9 Å². The maximum absolute atomic E-state index is 11.9. The molecule has 0 radical (unpaired) electrons. The maximum Gasteiger partial charge on any atom is 0.306 e. The zero-order chi connectivity index (χ0) is 15.1. The van der Waals surface area contributed by atoms with Gasteiger partial charge < -0.3 is 9.47 Å². The van der Waals surface area contributed by atoms with Gasteiger partial charge in [-0.3, -0.25) is 9.59 Å². The number of esters is 2. The van der Waals surface area contributed by atoms with Gasteiger partial charge in [-0.2, -0.15) is 0 Å². The van der Waals surface area contributed by atoms with E-state index in [-0.39, 0.29) is 37.0 Å². The lowest BCUT2D eigenvalue weighted by Crippen LogP contribution is -2.26. The van der Waals surface area contributed by atoms with Crippen LogP contribution in [0, 0.1) is 23.7 Å². The Labute approximate surface area is 131 Å². The van der Waals surface area contributed by atoms with Gasteiger partial charge in [0.1, 0.15) is 12.2 Å². The first-order valence-electron chi connectivity index (χ1n) is 9.06. The average Bonchev–Trinajstić information content (AvgIpc) is 3.25. The van der Waals surface area contributed by atoms with Gasteiger partial charge in [-0.25, -0.2) is 0 Å². The lowest BCUT2D eigenvalue weighted by atomic mass is 9.97. The van der Waals surface area contributed by atoms with E-state index >= 15 is 0 Å². The van der Waals surface area contributed by atoms with Gasteiger partial charge in [-0.15, -0.1) is 0 Å². The first-order chi connectivity index (χ1) is 10.7. The van der Waals surface area contributed by atoms with Crippen LogP contribution in [0.25, 0.3) is 0 Å². The lowest BCUT2D eigenvalue weighted by molar-refractivity contribution is -0.158. The van der Waals surface area contributed by atoms with E-state index in [4.69, 9.17) is 9.47 Å². The molecule has 4 nitrogen and oxygen atoms in total. The third-order valence-electron chi connectivity index (χ3n) is 6.45. The number of carbonyl (C=O) groups excluding carboxylic acids is 2. The highest BCUT2D eigenvalue weighted by Crippen LogP contribution is 2.46. The van der Waals surface area contributed by atoms with Crippen molar-refractivity contribution in [3.8, 4) is 0 Å². The minimum absolute atomic E-state index is 0.118. The molecule has 0 aliphatic heterocycles. The van der Waals surface area contributed by atoms with Gasteiger partial charge in [0.15, 0.2) is 0 Å². The molecule has 0 aromatic rings. The topological polar surface area (TPSA) is 52.6 Å². The van der Waals surface area contributed by atoms with Crippen molar-refractivity contribution in [3.05, 3.63) is 0 Å². The zero-order valence-electron chi connectivity index (χ0n) is 13.2. The second-order valence-electron chi connectivity index (χ2n) is 7.91. The van der Waals surface area contributed by atoms with Crippen LogP contribution in [0.1, 0.15) is 64.2 Å². The second-order valence-corrected chi connectivity index (χ2v) is 7.91. The van der Waals surface area contributed by atoms with Crippen LogP contribution in [0.3, 0.4) is 0 Å². The number of carbonyl (C=O) groups is 2. The summed E-state index contributed by atoms with van der Waals surface area (Å²) in [5.41, 5.74) is 0. The molecular formula is C18H26O4. The van der Waals surface area contributed by atoms with Gasteiger partial charge in [0, 0.05) is 0 Å². The Morgan fingerprint density at radius 2 is 1.14 bits per heavy atom. The van der Waals surface area contributed by atoms with Crippen molar-refractivity contribution in [2.75, 3.05) is 0 Å². The van der Waals surface area contributed by atoms with Crippen molar-refractivity contribution in [3.63, 3.8) is 0 Å². The highest BCUT2D eigenvalue weighted by molar-refractivity contribution is 5.77. The molecule has 4 fully saturated rings. The summed E-state index contributed by atoms with van der Waals surface area (Å²) in [6, 6.07) is 0. The highest BCUT2D eigenvalue weighted by Gasteiger charge is 2.42. The quantitative estimate of drug-likeness (QED) is 0.732. The highest BCUT2D eigenvalue weighted by atomic mass is 16.6. The number of ether oxygens (including phenoxy) is 2. The predicted octanol–water partition coefficient (Wildman–Crippen LogP) is 3.23. The van der Waals surface area contributed by atoms with E-state index in [9.17, 15) is 9.59 Å². The third-order valence-corrected chi connectivity index (χ3v) is 6.45. The Hall–Kier alpha value is -1.06. The molecule has 4 saturated carbocycles. The van der Waals surface area contributed by atoms with Gasteiger partial charge in [0.25, 0.3) is 0 Å². The Morgan fingerprint density at radius 3 is 1.45 bits per heavy atom. The fourth-order valence-corrected chi connectivity index (χ4v) is 5.32. The minimum atomic E-state index is -0.220. The maximum atomic E-state index is 11.9. The lowest BCUT2D eigenvalue weighted by Gasteiger charge is -2.23. The molecule has 0 aromatic carbocycles. The SMILES string of the molecule is O=C(CCC(=O)OC1CC2CCC1C2)OC1CC2CCC1C2. The van der Waals surface area contributed by atoms with Gasteiger partial charge in [0.2, 0.25) is 0 Å². The molecule has 0 spiro atoms. The molecule has 4 bridgehead atoms. The Kier molecular flexibility index (Phi) is 3.87. The van der Waals surface area contributed by atoms with Gasteiger partial charge in [0.05, 0.1) is 12.8 Å². The fraction of sp³-hybridized carbons (Fsp3) is 0.889. The molecule has 0 heterocycles. The molecule has 0 saturated heterocycles. The molecule has 122 valence electrons. The smallest absolute Gasteiger partial charge is 0.306 e. The molecule has 4 rings (SSSR count). The molecule has 0 aromatic heterocycles.